The first-order valence-corrected chi connectivity index (χ1v) is 10.7. The molecular formula is C21H28N6O2. The van der Waals surface area contributed by atoms with Crippen molar-refractivity contribution >= 4 is 11.8 Å². The van der Waals surface area contributed by atoms with E-state index < -0.39 is 0 Å². The molecule has 0 radical (unpaired) electrons. The highest BCUT2D eigenvalue weighted by molar-refractivity contribution is 5.93. The number of fused-ring (bicyclic) bond motifs is 2. The van der Waals surface area contributed by atoms with Crippen LogP contribution in [0.2, 0.25) is 0 Å². The molecule has 0 atom stereocenters. The van der Waals surface area contributed by atoms with Crippen LogP contribution in [0.4, 0.5) is 0 Å². The van der Waals surface area contributed by atoms with Crippen molar-refractivity contribution in [3.8, 4) is 0 Å². The quantitative estimate of drug-likeness (QED) is 0.861. The molecule has 2 aromatic rings. The molecule has 8 nitrogen and oxygen atoms in total. The van der Waals surface area contributed by atoms with Gasteiger partial charge in [0.1, 0.15) is 0 Å². The minimum Gasteiger partial charge on any atom is -0.348 e. The summed E-state index contributed by atoms with van der Waals surface area (Å²) in [6.07, 6.45) is 9.52. The number of aromatic amines is 1. The molecule has 4 heterocycles. The molecule has 1 spiro atoms. The van der Waals surface area contributed by atoms with Crippen molar-refractivity contribution in [2.75, 3.05) is 19.6 Å². The van der Waals surface area contributed by atoms with Crippen molar-refractivity contribution in [2.45, 2.75) is 57.5 Å². The standard InChI is InChI=1S/C21H28N6O2/c1-14(2)27-12-16(11-24-27)19(28)25-9-6-21(7-10-25)18-17(22-13-23-18)5-8-26(21)20(29)15-3-4-15/h11-15H,3-10H2,1-2H3,(H,22,23). The van der Waals surface area contributed by atoms with Gasteiger partial charge in [0.15, 0.2) is 0 Å². The Labute approximate surface area is 170 Å². The zero-order valence-corrected chi connectivity index (χ0v) is 17.1. The highest BCUT2D eigenvalue weighted by Crippen LogP contribution is 2.45. The largest absolute Gasteiger partial charge is 0.348 e. The molecule has 8 heteroatoms. The van der Waals surface area contributed by atoms with E-state index in [-0.39, 0.29) is 29.3 Å². The van der Waals surface area contributed by atoms with Gasteiger partial charge in [0.05, 0.1) is 29.3 Å². The molecule has 1 N–H and O–H groups in total. The first-order chi connectivity index (χ1) is 14.0. The van der Waals surface area contributed by atoms with E-state index in [2.05, 4.69) is 20.0 Å². The molecular weight excluding hydrogens is 368 g/mol. The number of hydrogen-bond donors (Lipinski definition) is 1. The number of imidazole rings is 1. The average Bonchev–Trinajstić information content (AvgIpc) is 3.25. The highest BCUT2D eigenvalue weighted by Gasteiger charge is 2.51. The Balaban J connectivity index is 1.38. The van der Waals surface area contributed by atoms with Crippen LogP contribution in [-0.2, 0) is 16.8 Å². The number of piperidine rings is 1. The lowest BCUT2D eigenvalue weighted by molar-refractivity contribution is -0.143. The summed E-state index contributed by atoms with van der Waals surface area (Å²) in [6.45, 7) is 6.06. The number of hydrogen-bond acceptors (Lipinski definition) is 4. The predicted octanol–water partition coefficient (Wildman–Crippen LogP) is 2.11. The lowest BCUT2D eigenvalue weighted by Crippen LogP contribution is -2.59. The number of carbonyl (C=O) groups is 2. The maximum Gasteiger partial charge on any atom is 0.257 e. The third-order valence-electron chi connectivity index (χ3n) is 6.71. The number of nitrogens with one attached hydrogen (secondary N) is 1. The van der Waals surface area contributed by atoms with E-state index >= 15 is 0 Å². The Kier molecular flexibility index (Phi) is 4.26. The molecule has 2 aliphatic heterocycles. The molecule has 0 bridgehead atoms. The van der Waals surface area contributed by atoms with Crippen LogP contribution in [-0.4, -0.2) is 61.0 Å². The zero-order chi connectivity index (χ0) is 20.2. The zero-order valence-electron chi connectivity index (χ0n) is 17.1. The molecule has 2 fully saturated rings. The summed E-state index contributed by atoms with van der Waals surface area (Å²) in [5.41, 5.74) is 2.40. The molecule has 1 saturated heterocycles. The van der Waals surface area contributed by atoms with E-state index in [0.29, 0.717) is 18.7 Å². The fourth-order valence-corrected chi connectivity index (χ4v) is 4.85. The van der Waals surface area contributed by atoms with Gasteiger partial charge in [0.25, 0.3) is 5.91 Å². The number of nitrogens with zero attached hydrogens (tertiary/aromatic N) is 5. The van der Waals surface area contributed by atoms with E-state index in [4.69, 9.17) is 0 Å². The van der Waals surface area contributed by atoms with Gasteiger partial charge >= 0.3 is 0 Å². The molecule has 3 aliphatic rings. The fourth-order valence-electron chi connectivity index (χ4n) is 4.85. The van der Waals surface area contributed by atoms with E-state index in [9.17, 15) is 9.59 Å². The van der Waals surface area contributed by atoms with Gasteiger partial charge in [0.2, 0.25) is 5.91 Å². The van der Waals surface area contributed by atoms with Gasteiger partial charge < -0.3 is 14.8 Å². The van der Waals surface area contributed by atoms with Gasteiger partial charge in [-0.3, -0.25) is 14.3 Å². The minimum absolute atomic E-state index is 0.0184. The number of rotatable bonds is 3. The summed E-state index contributed by atoms with van der Waals surface area (Å²) in [5.74, 6) is 0.482. The fraction of sp³-hybridized carbons (Fsp3) is 0.619. The third kappa shape index (κ3) is 2.96. The predicted molar refractivity (Wildman–Crippen MR) is 106 cm³/mol. The van der Waals surface area contributed by atoms with Gasteiger partial charge in [-0.05, 0) is 39.5 Å². The second-order valence-electron chi connectivity index (χ2n) is 8.87. The SMILES string of the molecule is CC(C)n1cc(C(=O)N2CCC3(CC2)c2nc[nH]c2CCN3C(=O)C2CC2)cn1. The first-order valence-electron chi connectivity index (χ1n) is 10.7. The minimum atomic E-state index is -0.383. The van der Waals surface area contributed by atoms with Gasteiger partial charge in [-0.15, -0.1) is 0 Å². The molecule has 154 valence electrons. The molecule has 1 saturated carbocycles. The summed E-state index contributed by atoms with van der Waals surface area (Å²) in [7, 11) is 0. The highest BCUT2D eigenvalue weighted by atomic mass is 16.2. The second kappa shape index (κ2) is 6.71. The van der Waals surface area contributed by atoms with Crippen LogP contribution in [0.3, 0.4) is 0 Å². The van der Waals surface area contributed by atoms with Gasteiger partial charge in [-0.1, -0.05) is 0 Å². The van der Waals surface area contributed by atoms with Crippen LogP contribution in [0, 0.1) is 5.92 Å². The number of carbonyl (C=O) groups excluding carboxylic acids is 2. The van der Waals surface area contributed by atoms with Crippen molar-refractivity contribution in [3.05, 3.63) is 35.7 Å². The van der Waals surface area contributed by atoms with Crippen molar-refractivity contribution < 1.29 is 9.59 Å². The molecule has 5 rings (SSSR count). The molecule has 0 unspecified atom stereocenters. The van der Waals surface area contributed by atoms with Crippen molar-refractivity contribution in [3.63, 3.8) is 0 Å². The summed E-state index contributed by atoms with van der Waals surface area (Å²) in [6, 6.07) is 0.225. The Bertz CT molecular complexity index is 933. The molecule has 29 heavy (non-hydrogen) atoms. The Morgan fingerprint density at radius 3 is 2.62 bits per heavy atom. The van der Waals surface area contributed by atoms with Crippen LogP contribution in [0.5, 0.6) is 0 Å². The maximum absolute atomic E-state index is 13.1. The molecule has 2 aromatic heterocycles. The smallest absolute Gasteiger partial charge is 0.257 e. The number of aromatic nitrogens is 4. The summed E-state index contributed by atoms with van der Waals surface area (Å²) in [4.78, 5) is 38.0. The van der Waals surface area contributed by atoms with Crippen LogP contribution in [0.1, 0.15) is 67.3 Å². The maximum atomic E-state index is 13.1. The van der Waals surface area contributed by atoms with E-state index in [1.807, 2.05) is 29.6 Å². The van der Waals surface area contributed by atoms with Gasteiger partial charge in [-0.2, -0.15) is 5.10 Å². The number of H-pyrrole nitrogens is 1. The number of likely N-dealkylation sites (tertiary alicyclic amines) is 1. The lowest BCUT2D eigenvalue weighted by Gasteiger charge is -2.50. The third-order valence-corrected chi connectivity index (χ3v) is 6.71. The van der Waals surface area contributed by atoms with Crippen molar-refractivity contribution in [2.24, 2.45) is 5.92 Å². The second-order valence-corrected chi connectivity index (χ2v) is 8.87. The number of amides is 2. The van der Waals surface area contributed by atoms with E-state index in [1.165, 1.54) is 0 Å². The monoisotopic (exact) mass is 396 g/mol. The Morgan fingerprint density at radius 2 is 1.97 bits per heavy atom. The van der Waals surface area contributed by atoms with Crippen LogP contribution in [0.15, 0.2) is 18.7 Å². The molecule has 0 aromatic carbocycles. The Morgan fingerprint density at radius 1 is 1.21 bits per heavy atom. The average molecular weight is 396 g/mol. The summed E-state index contributed by atoms with van der Waals surface area (Å²) < 4.78 is 1.81. The first kappa shape index (κ1) is 18.4. The summed E-state index contributed by atoms with van der Waals surface area (Å²) in [5, 5.41) is 4.30. The van der Waals surface area contributed by atoms with Crippen LogP contribution in [0.25, 0.3) is 0 Å². The van der Waals surface area contributed by atoms with Crippen molar-refractivity contribution in [1.29, 1.82) is 0 Å². The normalized spacial score (nSPS) is 20.9. The van der Waals surface area contributed by atoms with Crippen molar-refractivity contribution in [1.82, 2.24) is 29.5 Å². The van der Waals surface area contributed by atoms with E-state index in [1.54, 1.807) is 12.5 Å². The van der Waals surface area contributed by atoms with E-state index in [0.717, 1.165) is 50.0 Å². The van der Waals surface area contributed by atoms with Gasteiger partial charge in [0, 0.05) is 49.9 Å². The molecule has 2 amide bonds. The van der Waals surface area contributed by atoms with Crippen LogP contribution < -0.4 is 0 Å². The molecule has 1 aliphatic carbocycles. The lowest BCUT2D eigenvalue weighted by atomic mass is 9.78. The topological polar surface area (TPSA) is 87.1 Å². The van der Waals surface area contributed by atoms with Gasteiger partial charge in [-0.25, -0.2) is 4.98 Å². The summed E-state index contributed by atoms with van der Waals surface area (Å²) >= 11 is 0. The van der Waals surface area contributed by atoms with Crippen LogP contribution >= 0.6 is 0 Å². The Hall–Kier alpha value is -2.64.